The fraction of sp³-hybridized carbons (Fsp3) is 0.609. The number of rotatable bonds is 34. The van der Waals surface area contributed by atoms with E-state index in [2.05, 4.69) is 42.5 Å². The lowest BCUT2D eigenvalue weighted by molar-refractivity contribution is -0.142. The van der Waals surface area contributed by atoms with E-state index >= 15 is 0 Å². The minimum atomic E-state index is -2.04. The van der Waals surface area contributed by atoms with Crippen LogP contribution in [-0.4, -0.2) is 163 Å². The molecule has 10 atom stereocenters. The highest BCUT2D eigenvalue weighted by Crippen LogP contribution is 2.15. The number of phenolic OH excluding ortho intramolecular Hbond substituents is 1. The molecule has 73 heavy (non-hydrogen) atoms. The van der Waals surface area contributed by atoms with Crippen LogP contribution in [0.3, 0.4) is 0 Å². The molecule has 1 aromatic carbocycles. The number of carbonyl (C=O) groups excluding carboxylic acids is 8. The number of nitrogens with one attached hydrogen (secondary N) is 8. The fourth-order valence-corrected chi connectivity index (χ4v) is 6.82. The highest BCUT2D eigenvalue weighted by Gasteiger charge is 2.37. The molecule has 0 saturated carbocycles. The number of benzene rings is 1. The first-order chi connectivity index (χ1) is 34.1. The van der Waals surface area contributed by atoms with Crippen LogP contribution in [0.15, 0.2) is 24.3 Å². The minimum absolute atomic E-state index is 0.0634. The van der Waals surface area contributed by atoms with Gasteiger partial charge in [-0.3, -0.25) is 52.7 Å². The Hall–Kier alpha value is -7.42. The zero-order valence-electron chi connectivity index (χ0n) is 41.6. The van der Waals surface area contributed by atoms with Gasteiger partial charge in [-0.2, -0.15) is 0 Å². The van der Waals surface area contributed by atoms with Crippen LogP contribution in [-0.2, 0) is 64.0 Å². The Morgan fingerprint density at radius 1 is 0.534 bits per heavy atom. The highest BCUT2D eigenvalue weighted by molar-refractivity contribution is 5.99. The summed E-state index contributed by atoms with van der Waals surface area (Å²) >= 11 is 0. The first-order valence-corrected chi connectivity index (χ1v) is 23.6. The third kappa shape index (κ3) is 23.6. The number of phenols is 1. The molecule has 0 bridgehead atoms. The monoisotopic (exact) mass is 1040 g/mol. The number of carboxylic acid groups (broad SMARTS) is 4. The number of aliphatic hydroxyl groups is 1. The average molecular weight is 1040 g/mol. The number of carbonyl (C=O) groups is 12. The molecule has 27 nitrogen and oxygen atoms in total. The van der Waals surface area contributed by atoms with Gasteiger partial charge in [0.05, 0.1) is 25.6 Å². The fourth-order valence-electron chi connectivity index (χ4n) is 6.82. The SMILES string of the molecule is CC[C@H](C)[C@H](NC(=O)CNC(=O)[C@@H](N)CCC(=O)O)C(=O)N[C@@H](CC(C)C)C(=O)N[C@@H](CO)C(=O)N[C@@H](CC(=O)O)C(=O)N[C@@H](CCC(=O)O)C(=O)N[C@H](C(=O)N[C@@H](Cc1ccc(O)cc1)C(=O)O)[C@@H](C)CC. The molecule has 0 aliphatic rings. The lowest BCUT2D eigenvalue weighted by Crippen LogP contribution is -2.61. The number of hydrogen-bond acceptors (Lipinski definition) is 15. The molecule has 408 valence electrons. The molecule has 0 aliphatic carbocycles. The van der Waals surface area contributed by atoms with E-state index in [1.807, 2.05) is 0 Å². The van der Waals surface area contributed by atoms with Gasteiger partial charge < -0.3 is 78.9 Å². The molecular weight excluding hydrogens is 967 g/mol. The van der Waals surface area contributed by atoms with E-state index in [-0.39, 0.29) is 37.4 Å². The average Bonchev–Trinajstić information content (AvgIpc) is 3.32. The van der Waals surface area contributed by atoms with E-state index in [0.29, 0.717) is 12.0 Å². The molecular formula is C46H71N9O18. The summed E-state index contributed by atoms with van der Waals surface area (Å²) in [4.78, 5) is 154. The Balaban J connectivity index is 3.31. The van der Waals surface area contributed by atoms with Crippen LogP contribution in [0.2, 0.25) is 0 Å². The predicted octanol–water partition coefficient (Wildman–Crippen LogP) is -2.81. The molecule has 0 spiro atoms. The molecule has 0 saturated heterocycles. The zero-order chi connectivity index (χ0) is 55.7. The van der Waals surface area contributed by atoms with Crippen molar-refractivity contribution in [2.75, 3.05) is 13.2 Å². The molecule has 1 rings (SSSR count). The molecule has 0 fully saturated rings. The van der Waals surface area contributed by atoms with Crippen LogP contribution in [0.4, 0.5) is 0 Å². The van der Waals surface area contributed by atoms with Crippen molar-refractivity contribution in [3.63, 3.8) is 0 Å². The van der Waals surface area contributed by atoms with E-state index in [1.54, 1.807) is 41.5 Å². The van der Waals surface area contributed by atoms with Crippen molar-refractivity contribution >= 4 is 71.1 Å². The second-order valence-electron chi connectivity index (χ2n) is 17.9. The molecule has 0 unspecified atom stereocenters. The quantitative estimate of drug-likeness (QED) is 0.0331. The normalized spacial score (nSPS) is 15.1. The van der Waals surface area contributed by atoms with Gasteiger partial charge in [0.1, 0.15) is 48.0 Å². The van der Waals surface area contributed by atoms with Gasteiger partial charge in [0.15, 0.2) is 0 Å². The van der Waals surface area contributed by atoms with E-state index in [9.17, 15) is 83.1 Å². The second kappa shape index (κ2) is 31.8. The summed E-state index contributed by atoms with van der Waals surface area (Å²) in [7, 11) is 0. The Kier molecular flexibility index (Phi) is 27.7. The highest BCUT2D eigenvalue weighted by atomic mass is 16.4. The number of aliphatic hydroxyl groups excluding tert-OH is 1. The summed E-state index contributed by atoms with van der Waals surface area (Å²) in [6.07, 6.45) is -2.83. The Morgan fingerprint density at radius 3 is 1.48 bits per heavy atom. The van der Waals surface area contributed by atoms with Crippen LogP contribution < -0.4 is 48.3 Å². The number of aliphatic carboxylic acids is 4. The standard InChI is InChI=1S/C46H71N9O18/c1-7-23(5)37(54-33(58)20-48-39(65)27(47)13-15-34(59)60)44(70)51-29(17-22(3)4)41(67)53-32(21-56)43(69)50-30(19-36(63)64)42(68)49-28(14-16-35(61)62)40(66)55-38(24(6)8-2)45(71)52-31(46(72)73)18-25-9-11-26(57)12-10-25/h9-12,22-24,27-32,37-38,56-57H,7-8,13-21,47H2,1-6H3,(H,48,65)(H,49,68)(H,50,69)(H,51,70)(H,52,71)(H,53,67)(H,54,58)(H,55,66)(H,59,60)(H,61,62)(H,63,64)(H,72,73)/t23-,24-,27-,28-,29-,30-,31-,32-,37-,38-/m0/s1. The number of aromatic hydroxyl groups is 1. The largest absolute Gasteiger partial charge is 0.508 e. The maximum absolute atomic E-state index is 13.8. The van der Waals surface area contributed by atoms with Crippen molar-refractivity contribution in [1.82, 2.24) is 42.5 Å². The zero-order valence-corrected chi connectivity index (χ0v) is 41.6. The summed E-state index contributed by atoms with van der Waals surface area (Å²) in [5.41, 5.74) is 6.11. The van der Waals surface area contributed by atoms with Crippen molar-refractivity contribution < 1.29 is 88.2 Å². The van der Waals surface area contributed by atoms with E-state index in [4.69, 9.17) is 10.8 Å². The molecule has 27 heteroatoms. The van der Waals surface area contributed by atoms with E-state index < -0.39 is 170 Å². The molecule has 1 aromatic rings. The minimum Gasteiger partial charge on any atom is -0.508 e. The Bertz CT molecular complexity index is 2110. The lowest BCUT2D eigenvalue weighted by Gasteiger charge is -2.29. The summed E-state index contributed by atoms with van der Waals surface area (Å²) in [6, 6.07) is -7.15. The first kappa shape index (κ1) is 63.6. The van der Waals surface area contributed by atoms with E-state index in [0.717, 1.165) is 0 Å². The van der Waals surface area contributed by atoms with Gasteiger partial charge in [-0.1, -0.05) is 66.5 Å². The number of nitrogens with two attached hydrogens (primary N) is 1. The van der Waals surface area contributed by atoms with E-state index in [1.165, 1.54) is 24.3 Å². The maximum Gasteiger partial charge on any atom is 0.326 e. The molecule has 16 N–H and O–H groups in total. The summed E-state index contributed by atoms with van der Waals surface area (Å²) < 4.78 is 0. The summed E-state index contributed by atoms with van der Waals surface area (Å²) in [5.74, 6) is -15.6. The van der Waals surface area contributed by atoms with Crippen molar-refractivity contribution in [3.05, 3.63) is 29.8 Å². The number of amides is 8. The first-order valence-electron chi connectivity index (χ1n) is 23.6. The lowest BCUT2D eigenvalue weighted by atomic mass is 9.96. The van der Waals surface area contributed by atoms with Gasteiger partial charge in [0.2, 0.25) is 47.3 Å². The smallest absolute Gasteiger partial charge is 0.326 e. The molecule has 0 heterocycles. The van der Waals surface area contributed by atoms with Crippen LogP contribution in [0.5, 0.6) is 5.75 Å². The molecule has 0 radical (unpaired) electrons. The van der Waals surface area contributed by atoms with Crippen LogP contribution >= 0.6 is 0 Å². The predicted molar refractivity (Wildman–Crippen MR) is 255 cm³/mol. The third-order valence-electron chi connectivity index (χ3n) is 11.5. The number of carboxylic acids is 4. The Labute approximate surface area is 420 Å². The van der Waals surface area contributed by atoms with Crippen LogP contribution in [0.1, 0.15) is 98.5 Å². The van der Waals surface area contributed by atoms with Gasteiger partial charge in [0.25, 0.3) is 0 Å². The third-order valence-corrected chi connectivity index (χ3v) is 11.5. The van der Waals surface area contributed by atoms with Gasteiger partial charge in [-0.15, -0.1) is 0 Å². The summed E-state index contributed by atoms with van der Waals surface area (Å²) in [5, 5.41) is 76.2. The molecule has 8 amide bonds. The van der Waals surface area contributed by atoms with Crippen molar-refractivity contribution in [1.29, 1.82) is 0 Å². The Morgan fingerprint density at radius 2 is 0.986 bits per heavy atom. The van der Waals surface area contributed by atoms with Crippen LogP contribution in [0.25, 0.3) is 0 Å². The van der Waals surface area contributed by atoms with Gasteiger partial charge in [-0.25, -0.2) is 4.79 Å². The van der Waals surface area contributed by atoms with Gasteiger partial charge >= 0.3 is 23.9 Å². The van der Waals surface area contributed by atoms with Crippen LogP contribution in [0, 0.1) is 17.8 Å². The van der Waals surface area contributed by atoms with Gasteiger partial charge in [0, 0.05) is 19.3 Å². The molecule has 0 aromatic heterocycles. The topological polar surface area (TPSA) is 448 Å². The van der Waals surface area contributed by atoms with Crippen molar-refractivity contribution in [2.45, 2.75) is 148 Å². The van der Waals surface area contributed by atoms with Crippen molar-refractivity contribution in [3.8, 4) is 5.75 Å². The number of hydrogen-bond donors (Lipinski definition) is 15. The van der Waals surface area contributed by atoms with Gasteiger partial charge in [-0.05, 0) is 54.7 Å². The summed E-state index contributed by atoms with van der Waals surface area (Å²) in [6.45, 7) is 8.12. The second-order valence-corrected chi connectivity index (χ2v) is 17.9. The molecule has 0 aliphatic heterocycles. The van der Waals surface area contributed by atoms with Crippen molar-refractivity contribution in [2.24, 2.45) is 23.5 Å². The maximum atomic E-state index is 13.8.